The largest absolute Gasteiger partial charge is 0.487 e. The van der Waals surface area contributed by atoms with Gasteiger partial charge in [-0.25, -0.2) is 4.79 Å². The molecule has 0 heterocycles. The molecule has 2 rings (SSSR count). The second kappa shape index (κ2) is 9.83. The molecular weight excluding hydrogens is 382 g/mol. The Kier molecular flexibility index (Phi) is 7.24. The number of carbonyl (C=O) groups is 3. The highest BCUT2D eigenvalue weighted by Gasteiger charge is 2.20. The van der Waals surface area contributed by atoms with Crippen molar-refractivity contribution < 1.29 is 28.8 Å². The van der Waals surface area contributed by atoms with Crippen molar-refractivity contribution in [3.8, 4) is 5.75 Å². The fraction of sp³-hybridized carbons (Fsp3) is 0.211. The summed E-state index contributed by atoms with van der Waals surface area (Å²) < 4.78 is 10.1. The fourth-order valence-corrected chi connectivity index (χ4v) is 2.35. The average Bonchev–Trinajstić information content (AvgIpc) is 2.66. The van der Waals surface area contributed by atoms with Crippen molar-refractivity contribution in [1.82, 2.24) is 0 Å². The molecule has 0 saturated carbocycles. The zero-order valence-corrected chi connectivity index (χ0v) is 15.8. The number of rotatable bonds is 8. The molecule has 0 bridgehead atoms. The predicted octanol–water partition coefficient (Wildman–Crippen LogP) is 2.75. The quantitative estimate of drug-likeness (QED) is 0.394. The van der Waals surface area contributed by atoms with Gasteiger partial charge in [-0.2, -0.15) is 0 Å². The first-order chi connectivity index (χ1) is 13.8. The van der Waals surface area contributed by atoms with Crippen LogP contribution in [-0.4, -0.2) is 35.9 Å². The van der Waals surface area contributed by atoms with E-state index >= 15 is 0 Å². The number of anilines is 2. The average molecular weight is 401 g/mol. The number of ether oxygens (including phenoxy) is 2. The highest BCUT2D eigenvalue weighted by molar-refractivity contribution is 5.96. The summed E-state index contributed by atoms with van der Waals surface area (Å²) in [5.41, 5.74) is 0.434. The van der Waals surface area contributed by atoms with Crippen molar-refractivity contribution in [3.05, 3.63) is 58.1 Å². The van der Waals surface area contributed by atoms with Crippen molar-refractivity contribution >= 4 is 34.8 Å². The maximum atomic E-state index is 12.1. The van der Waals surface area contributed by atoms with E-state index in [1.165, 1.54) is 25.1 Å². The van der Waals surface area contributed by atoms with Gasteiger partial charge in [-0.1, -0.05) is 6.07 Å². The Hall–Kier alpha value is -3.95. The first kappa shape index (κ1) is 21.4. The third-order valence-electron chi connectivity index (χ3n) is 3.49. The molecule has 10 heteroatoms. The Morgan fingerprint density at radius 3 is 2.38 bits per heavy atom. The van der Waals surface area contributed by atoms with Gasteiger partial charge >= 0.3 is 11.7 Å². The van der Waals surface area contributed by atoms with E-state index in [0.29, 0.717) is 11.4 Å². The van der Waals surface area contributed by atoms with E-state index in [-0.39, 0.29) is 29.5 Å². The molecule has 0 fully saturated rings. The summed E-state index contributed by atoms with van der Waals surface area (Å²) in [6.07, 6.45) is 0. The van der Waals surface area contributed by atoms with Gasteiger partial charge in [-0.3, -0.25) is 19.7 Å². The van der Waals surface area contributed by atoms with Crippen LogP contribution >= 0.6 is 0 Å². The summed E-state index contributed by atoms with van der Waals surface area (Å²) >= 11 is 0. The number of nitrogens with one attached hydrogen (secondary N) is 2. The summed E-state index contributed by atoms with van der Waals surface area (Å²) in [6.45, 7) is 2.67. The van der Waals surface area contributed by atoms with Crippen molar-refractivity contribution in [3.63, 3.8) is 0 Å². The summed E-state index contributed by atoms with van der Waals surface area (Å²) in [6, 6.07) is 10.1. The van der Waals surface area contributed by atoms with E-state index in [1.807, 2.05) is 0 Å². The molecule has 0 saturated heterocycles. The third-order valence-corrected chi connectivity index (χ3v) is 3.49. The van der Waals surface area contributed by atoms with Crippen LogP contribution in [0.15, 0.2) is 42.5 Å². The molecule has 0 atom stereocenters. The highest BCUT2D eigenvalue weighted by Crippen LogP contribution is 2.28. The molecule has 2 aromatic carbocycles. The first-order valence-electron chi connectivity index (χ1n) is 8.56. The molecule has 0 spiro atoms. The minimum atomic E-state index is -0.890. The maximum Gasteiger partial charge on any atom is 0.338 e. The normalized spacial score (nSPS) is 10.0. The van der Waals surface area contributed by atoms with Gasteiger partial charge in [-0.05, 0) is 37.3 Å². The molecule has 2 aromatic rings. The molecule has 0 aliphatic heterocycles. The second-order valence-corrected chi connectivity index (χ2v) is 5.76. The minimum absolute atomic E-state index is 0.0332. The smallest absolute Gasteiger partial charge is 0.338 e. The molecule has 152 valence electrons. The van der Waals surface area contributed by atoms with E-state index in [2.05, 4.69) is 10.6 Å². The lowest BCUT2D eigenvalue weighted by atomic mass is 10.2. The van der Waals surface area contributed by atoms with Crippen molar-refractivity contribution in [2.75, 3.05) is 23.8 Å². The Balaban J connectivity index is 1.98. The first-order valence-corrected chi connectivity index (χ1v) is 8.56. The molecule has 2 N–H and O–H groups in total. The zero-order chi connectivity index (χ0) is 21.4. The molecular formula is C19H19N3O7. The van der Waals surface area contributed by atoms with Crippen LogP contribution in [-0.2, 0) is 14.3 Å². The van der Waals surface area contributed by atoms with E-state index in [9.17, 15) is 24.5 Å². The third kappa shape index (κ3) is 6.31. The number of nitro benzene ring substituents is 1. The molecule has 10 nitrogen and oxygen atoms in total. The number of benzene rings is 2. The lowest BCUT2D eigenvalue weighted by Crippen LogP contribution is -2.21. The van der Waals surface area contributed by atoms with E-state index in [4.69, 9.17) is 9.47 Å². The van der Waals surface area contributed by atoms with E-state index in [0.717, 1.165) is 6.07 Å². The van der Waals surface area contributed by atoms with Crippen molar-refractivity contribution in [1.29, 1.82) is 0 Å². The molecule has 0 aliphatic carbocycles. The Morgan fingerprint density at radius 1 is 1.07 bits per heavy atom. The molecule has 0 unspecified atom stereocenters. The van der Waals surface area contributed by atoms with Crippen LogP contribution in [0.2, 0.25) is 0 Å². The Morgan fingerprint density at radius 2 is 1.76 bits per heavy atom. The van der Waals surface area contributed by atoms with Crippen LogP contribution in [0.5, 0.6) is 5.75 Å². The van der Waals surface area contributed by atoms with Crippen LogP contribution in [0.25, 0.3) is 0 Å². The van der Waals surface area contributed by atoms with Gasteiger partial charge in [-0.15, -0.1) is 0 Å². The van der Waals surface area contributed by atoms with Crippen LogP contribution in [0.1, 0.15) is 24.2 Å². The highest BCUT2D eigenvalue weighted by atomic mass is 16.6. The molecule has 0 aliphatic rings. The second-order valence-electron chi connectivity index (χ2n) is 5.76. The fourth-order valence-electron chi connectivity index (χ4n) is 2.35. The minimum Gasteiger partial charge on any atom is -0.487 e. The van der Waals surface area contributed by atoms with Crippen LogP contribution in [0.3, 0.4) is 0 Å². The number of carbonyl (C=O) groups excluding carboxylic acids is 3. The number of amides is 2. The number of hydrogen-bond acceptors (Lipinski definition) is 7. The van der Waals surface area contributed by atoms with Gasteiger partial charge in [0.15, 0.2) is 12.4 Å². The van der Waals surface area contributed by atoms with Crippen molar-refractivity contribution in [2.45, 2.75) is 13.8 Å². The van der Waals surface area contributed by atoms with Gasteiger partial charge in [0.2, 0.25) is 5.91 Å². The van der Waals surface area contributed by atoms with Crippen molar-refractivity contribution in [2.24, 2.45) is 0 Å². The number of nitro groups is 1. The lowest BCUT2D eigenvalue weighted by Gasteiger charge is -2.09. The number of hydrogen-bond donors (Lipinski definition) is 2. The lowest BCUT2D eigenvalue weighted by molar-refractivity contribution is -0.385. The summed E-state index contributed by atoms with van der Waals surface area (Å²) in [4.78, 5) is 45.6. The zero-order valence-electron chi connectivity index (χ0n) is 15.8. The topological polar surface area (TPSA) is 137 Å². The van der Waals surface area contributed by atoms with Crippen LogP contribution in [0, 0.1) is 10.1 Å². The number of nitrogens with zero attached hydrogens (tertiary/aromatic N) is 1. The Labute approximate surface area is 166 Å². The predicted molar refractivity (Wildman–Crippen MR) is 104 cm³/mol. The van der Waals surface area contributed by atoms with Crippen LogP contribution < -0.4 is 15.4 Å². The van der Waals surface area contributed by atoms with Gasteiger partial charge in [0.1, 0.15) is 0 Å². The van der Waals surface area contributed by atoms with E-state index in [1.54, 1.807) is 25.1 Å². The number of esters is 1. The molecule has 2 amide bonds. The molecule has 29 heavy (non-hydrogen) atoms. The molecule has 0 aromatic heterocycles. The van der Waals surface area contributed by atoms with E-state index < -0.39 is 23.4 Å². The van der Waals surface area contributed by atoms with Gasteiger partial charge < -0.3 is 20.1 Å². The van der Waals surface area contributed by atoms with Gasteiger partial charge in [0.05, 0.1) is 17.1 Å². The summed E-state index contributed by atoms with van der Waals surface area (Å²) in [7, 11) is 0. The van der Waals surface area contributed by atoms with Crippen LogP contribution in [0.4, 0.5) is 17.1 Å². The van der Waals surface area contributed by atoms with Gasteiger partial charge in [0, 0.05) is 24.4 Å². The maximum absolute atomic E-state index is 12.1. The standard InChI is InChI=1S/C19H19N3O7/c1-3-28-17-8-7-13(9-16(17)22(26)27)19(25)29-11-18(24)21-15-6-4-5-14(10-15)20-12(2)23/h4-10H,3,11H2,1-2H3,(H,20,23)(H,21,24). The SMILES string of the molecule is CCOc1ccc(C(=O)OCC(=O)Nc2cccc(NC(C)=O)c2)cc1[N+](=O)[O-]. The monoisotopic (exact) mass is 401 g/mol. The molecule has 0 radical (unpaired) electrons. The Bertz CT molecular complexity index is 943. The summed E-state index contributed by atoms with van der Waals surface area (Å²) in [5.74, 6) is -1.73. The summed E-state index contributed by atoms with van der Waals surface area (Å²) in [5, 5.41) is 16.2. The van der Waals surface area contributed by atoms with Gasteiger partial charge in [0.25, 0.3) is 5.91 Å².